The van der Waals surface area contributed by atoms with Crippen LogP contribution in [0.15, 0.2) is 36.4 Å². The van der Waals surface area contributed by atoms with Gasteiger partial charge in [-0.05, 0) is 54.4 Å². The van der Waals surface area contributed by atoms with Crippen molar-refractivity contribution in [1.82, 2.24) is 5.32 Å². The van der Waals surface area contributed by atoms with Crippen LogP contribution in [0.1, 0.15) is 24.1 Å². The molecule has 0 saturated heterocycles. The highest BCUT2D eigenvalue weighted by molar-refractivity contribution is 6.34. The molecule has 0 amide bonds. The first-order valence-electron chi connectivity index (χ1n) is 6.63. The molecule has 0 bridgehead atoms. The fourth-order valence-corrected chi connectivity index (χ4v) is 2.78. The molecule has 0 aliphatic rings. The van der Waals surface area contributed by atoms with Crippen molar-refractivity contribution in [2.75, 3.05) is 6.54 Å². The van der Waals surface area contributed by atoms with Gasteiger partial charge in [-0.15, -0.1) is 0 Å². The molecule has 0 heterocycles. The highest BCUT2D eigenvalue weighted by atomic mass is 35.5. The number of hydrogen-bond acceptors (Lipinski definition) is 1. The summed E-state index contributed by atoms with van der Waals surface area (Å²) in [7, 11) is 0. The monoisotopic (exact) mass is 329 g/mol. The van der Waals surface area contributed by atoms with Gasteiger partial charge in [0.25, 0.3) is 0 Å². The van der Waals surface area contributed by atoms with Crippen LogP contribution < -0.4 is 5.32 Å². The standard InChI is InChI=1S/C16H15Cl2F2N/c1-2-21-16(11-7-12(17)9-13(18)8-11)6-10-3-4-14(19)15(20)5-10/h3-5,7-9,16,21H,2,6H2,1H3. The Morgan fingerprint density at radius 3 is 2.24 bits per heavy atom. The van der Waals surface area contributed by atoms with Crippen molar-refractivity contribution in [2.24, 2.45) is 0 Å². The van der Waals surface area contributed by atoms with Crippen LogP contribution in [0.3, 0.4) is 0 Å². The highest BCUT2D eigenvalue weighted by Gasteiger charge is 2.14. The lowest BCUT2D eigenvalue weighted by atomic mass is 9.98. The van der Waals surface area contributed by atoms with Crippen molar-refractivity contribution >= 4 is 23.2 Å². The number of benzene rings is 2. The van der Waals surface area contributed by atoms with Gasteiger partial charge >= 0.3 is 0 Å². The summed E-state index contributed by atoms with van der Waals surface area (Å²) in [6.45, 7) is 2.71. The van der Waals surface area contributed by atoms with Crippen LogP contribution in [0.2, 0.25) is 10.0 Å². The summed E-state index contributed by atoms with van der Waals surface area (Å²) in [4.78, 5) is 0. The SMILES string of the molecule is CCNC(Cc1ccc(F)c(F)c1)c1cc(Cl)cc(Cl)c1. The van der Waals surface area contributed by atoms with Gasteiger partial charge in [0.1, 0.15) is 0 Å². The second-order valence-corrected chi connectivity index (χ2v) is 5.64. The third-order valence-electron chi connectivity index (χ3n) is 3.16. The molecule has 1 unspecified atom stereocenters. The minimum atomic E-state index is -0.843. The van der Waals surface area contributed by atoms with E-state index in [1.165, 1.54) is 6.07 Å². The Kier molecular flexibility index (Phi) is 5.57. The molecule has 2 aromatic rings. The Balaban J connectivity index is 2.27. The number of nitrogens with one attached hydrogen (secondary N) is 1. The average Bonchev–Trinajstić information content (AvgIpc) is 2.41. The molecule has 0 saturated carbocycles. The molecular weight excluding hydrogens is 315 g/mol. The van der Waals surface area contributed by atoms with E-state index in [0.29, 0.717) is 22.0 Å². The van der Waals surface area contributed by atoms with Crippen LogP contribution in [-0.2, 0) is 6.42 Å². The van der Waals surface area contributed by atoms with Gasteiger partial charge in [-0.3, -0.25) is 0 Å². The van der Waals surface area contributed by atoms with Gasteiger partial charge in [-0.2, -0.15) is 0 Å². The van der Waals surface area contributed by atoms with Gasteiger partial charge in [-0.25, -0.2) is 8.78 Å². The molecular formula is C16H15Cl2F2N. The van der Waals surface area contributed by atoms with E-state index in [1.807, 2.05) is 19.1 Å². The van der Waals surface area contributed by atoms with Crippen LogP contribution in [0.25, 0.3) is 0 Å². The first kappa shape index (κ1) is 16.2. The Morgan fingerprint density at radius 1 is 1.00 bits per heavy atom. The maximum absolute atomic E-state index is 13.3. The van der Waals surface area contributed by atoms with Crippen molar-refractivity contribution < 1.29 is 8.78 Å². The molecule has 0 fully saturated rings. The van der Waals surface area contributed by atoms with Crippen molar-refractivity contribution in [3.05, 3.63) is 69.2 Å². The van der Waals surface area contributed by atoms with Crippen molar-refractivity contribution in [1.29, 1.82) is 0 Å². The van der Waals surface area contributed by atoms with Crippen LogP contribution >= 0.6 is 23.2 Å². The number of hydrogen-bond donors (Lipinski definition) is 1. The predicted molar refractivity (Wildman–Crippen MR) is 82.9 cm³/mol. The van der Waals surface area contributed by atoms with Crippen LogP contribution in [0, 0.1) is 11.6 Å². The molecule has 0 radical (unpaired) electrons. The van der Waals surface area contributed by atoms with Crippen LogP contribution in [0.5, 0.6) is 0 Å². The first-order chi connectivity index (χ1) is 9.99. The second-order valence-electron chi connectivity index (χ2n) is 4.77. The zero-order chi connectivity index (χ0) is 15.4. The molecule has 21 heavy (non-hydrogen) atoms. The Morgan fingerprint density at radius 2 is 1.67 bits per heavy atom. The molecule has 2 rings (SSSR count). The van der Waals surface area contributed by atoms with Crippen LogP contribution in [-0.4, -0.2) is 6.54 Å². The Hall–Kier alpha value is -1.16. The molecule has 0 aliphatic carbocycles. The zero-order valence-electron chi connectivity index (χ0n) is 11.5. The molecule has 1 nitrogen and oxygen atoms in total. The fraction of sp³-hybridized carbons (Fsp3) is 0.250. The lowest BCUT2D eigenvalue weighted by Crippen LogP contribution is -2.23. The summed E-state index contributed by atoms with van der Waals surface area (Å²) in [6, 6.07) is 9.16. The minimum absolute atomic E-state index is 0.0731. The van der Waals surface area contributed by atoms with Gasteiger partial charge in [-0.1, -0.05) is 36.2 Å². The van der Waals surface area contributed by atoms with Crippen LogP contribution in [0.4, 0.5) is 8.78 Å². The molecule has 0 aliphatic heterocycles. The summed E-state index contributed by atoms with van der Waals surface area (Å²) < 4.78 is 26.3. The van der Waals surface area contributed by atoms with E-state index in [-0.39, 0.29) is 6.04 Å². The summed E-state index contributed by atoms with van der Waals surface area (Å²) in [5.74, 6) is -1.68. The average molecular weight is 330 g/mol. The van der Waals surface area contributed by atoms with Gasteiger partial charge in [0.2, 0.25) is 0 Å². The lowest BCUT2D eigenvalue weighted by Gasteiger charge is -2.19. The van der Waals surface area contributed by atoms with E-state index in [2.05, 4.69) is 5.32 Å². The topological polar surface area (TPSA) is 12.0 Å². The third kappa shape index (κ3) is 4.40. The molecule has 0 spiro atoms. The molecule has 2 aromatic carbocycles. The number of likely N-dealkylation sites (N-methyl/N-ethyl adjacent to an activating group) is 1. The quantitative estimate of drug-likeness (QED) is 0.798. The van der Waals surface area contributed by atoms with Crippen molar-refractivity contribution in [3.8, 4) is 0 Å². The van der Waals surface area contributed by atoms with Crippen molar-refractivity contribution in [3.63, 3.8) is 0 Å². The third-order valence-corrected chi connectivity index (χ3v) is 3.60. The zero-order valence-corrected chi connectivity index (χ0v) is 13.0. The van der Waals surface area contributed by atoms with Gasteiger partial charge in [0, 0.05) is 16.1 Å². The molecule has 1 N–H and O–H groups in total. The maximum Gasteiger partial charge on any atom is 0.159 e. The van der Waals surface area contributed by atoms with E-state index in [4.69, 9.17) is 23.2 Å². The summed E-state index contributed by atoms with van der Waals surface area (Å²) in [6.07, 6.45) is 0.516. The smallest absolute Gasteiger partial charge is 0.159 e. The highest BCUT2D eigenvalue weighted by Crippen LogP contribution is 2.26. The fourth-order valence-electron chi connectivity index (χ4n) is 2.23. The summed E-state index contributed by atoms with van der Waals surface area (Å²) in [5, 5.41) is 4.40. The normalized spacial score (nSPS) is 12.4. The summed E-state index contributed by atoms with van der Waals surface area (Å²) >= 11 is 12.0. The molecule has 0 aromatic heterocycles. The Bertz CT molecular complexity index is 611. The Labute approximate surface area is 132 Å². The van der Waals surface area contributed by atoms with Gasteiger partial charge in [0.15, 0.2) is 11.6 Å². The number of rotatable bonds is 5. The number of halogens is 4. The van der Waals surface area contributed by atoms with E-state index in [0.717, 1.165) is 18.2 Å². The molecule has 5 heteroatoms. The van der Waals surface area contributed by atoms with E-state index in [1.54, 1.807) is 12.1 Å². The lowest BCUT2D eigenvalue weighted by molar-refractivity contribution is 0.502. The second kappa shape index (κ2) is 7.21. The first-order valence-corrected chi connectivity index (χ1v) is 7.38. The van der Waals surface area contributed by atoms with Crippen molar-refractivity contribution in [2.45, 2.75) is 19.4 Å². The summed E-state index contributed by atoms with van der Waals surface area (Å²) in [5.41, 5.74) is 1.62. The minimum Gasteiger partial charge on any atom is -0.310 e. The molecule has 112 valence electrons. The molecule has 1 atom stereocenters. The van der Waals surface area contributed by atoms with Gasteiger partial charge < -0.3 is 5.32 Å². The van der Waals surface area contributed by atoms with Gasteiger partial charge in [0.05, 0.1) is 0 Å². The van der Waals surface area contributed by atoms with E-state index in [9.17, 15) is 8.78 Å². The largest absolute Gasteiger partial charge is 0.310 e. The van der Waals surface area contributed by atoms with E-state index >= 15 is 0 Å². The van der Waals surface area contributed by atoms with E-state index < -0.39 is 11.6 Å². The maximum atomic E-state index is 13.3. The predicted octanol–water partition coefficient (Wildman–Crippen LogP) is 5.16.